The van der Waals surface area contributed by atoms with Crippen LogP contribution in [0.2, 0.25) is 5.02 Å². The molecule has 0 aliphatic rings. The van der Waals surface area contributed by atoms with E-state index in [1.54, 1.807) is 24.3 Å². The number of aliphatic carboxylic acids is 1. The number of carbonyl (C=O) groups excluding carboxylic acids is 1. The van der Waals surface area contributed by atoms with E-state index >= 15 is 0 Å². The van der Waals surface area contributed by atoms with Crippen molar-refractivity contribution in [3.63, 3.8) is 0 Å². The molecule has 6 nitrogen and oxygen atoms in total. The van der Waals surface area contributed by atoms with Crippen molar-refractivity contribution in [2.45, 2.75) is 12.5 Å². The number of aromatic nitrogens is 2. The Morgan fingerprint density at radius 1 is 1.08 bits per heavy atom. The Balaban J connectivity index is 1.80. The molecule has 2 N–H and O–H groups in total. The van der Waals surface area contributed by atoms with E-state index in [0.29, 0.717) is 11.2 Å². The van der Waals surface area contributed by atoms with Crippen LogP contribution in [0.1, 0.15) is 16.1 Å². The number of benzene rings is 2. The standard InChI is InChI=1S/C18H14ClN3O3/c19-13-6-2-1-5-12(13)17(23)22-16(18(24)25)9-11-10-20-14-7-3-4-8-15(14)21-11/h1-8,10,16H,9H2,(H,22,23)(H,24,25)/t16-/m0/s1. The fourth-order valence-electron chi connectivity index (χ4n) is 2.38. The zero-order chi connectivity index (χ0) is 17.8. The highest BCUT2D eigenvalue weighted by atomic mass is 35.5. The number of hydrogen-bond acceptors (Lipinski definition) is 4. The van der Waals surface area contributed by atoms with Crippen LogP contribution in [0.25, 0.3) is 11.0 Å². The van der Waals surface area contributed by atoms with E-state index in [9.17, 15) is 14.7 Å². The Labute approximate surface area is 148 Å². The summed E-state index contributed by atoms with van der Waals surface area (Å²) in [4.78, 5) is 32.5. The van der Waals surface area contributed by atoms with Gasteiger partial charge in [0.1, 0.15) is 6.04 Å². The number of rotatable bonds is 5. The summed E-state index contributed by atoms with van der Waals surface area (Å²) in [5, 5.41) is 12.2. The van der Waals surface area contributed by atoms with Crippen molar-refractivity contribution in [2.24, 2.45) is 0 Å². The van der Waals surface area contributed by atoms with Gasteiger partial charge in [-0.2, -0.15) is 0 Å². The second-order valence-corrected chi connectivity index (χ2v) is 5.81. The Morgan fingerprint density at radius 3 is 2.48 bits per heavy atom. The van der Waals surface area contributed by atoms with Gasteiger partial charge in [0.05, 0.1) is 27.3 Å². The van der Waals surface area contributed by atoms with E-state index in [4.69, 9.17) is 11.6 Å². The molecule has 0 bridgehead atoms. The first-order valence-corrected chi connectivity index (χ1v) is 7.91. The summed E-state index contributed by atoms with van der Waals surface area (Å²) >= 11 is 5.98. The molecule has 0 aliphatic carbocycles. The highest BCUT2D eigenvalue weighted by molar-refractivity contribution is 6.33. The van der Waals surface area contributed by atoms with Crippen molar-refractivity contribution in [3.8, 4) is 0 Å². The molecule has 0 aliphatic heterocycles. The predicted octanol–water partition coefficient (Wildman–Crippen LogP) is 2.71. The summed E-state index contributed by atoms with van der Waals surface area (Å²) in [5.74, 6) is -1.71. The number of carboxylic acids is 1. The smallest absolute Gasteiger partial charge is 0.326 e. The first-order valence-electron chi connectivity index (χ1n) is 7.53. The van der Waals surface area contributed by atoms with Gasteiger partial charge in [0.2, 0.25) is 0 Å². The molecule has 0 saturated heterocycles. The zero-order valence-corrected chi connectivity index (χ0v) is 13.8. The monoisotopic (exact) mass is 355 g/mol. The third-order valence-electron chi connectivity index (χ3n) is 3.63. The molecule has 2 aromatic carbocycles. The molecule has 0 radical (unpaired) electrons. The van der Waals surface area contributed by atoms with E-state index in [0.717, 1.165) is 5.52 Å². The summed E-state index contributed by atoms with van der Waals surface area (Å²) < 4.78 is 0. The maximum Gasteiger partial charge on any atom is 0.326 e. The Hall–Kier alpha value is -2.99. The molecular formula is C18H14ClN3O3. The molecule has 0 spiro atoms. The average Bonchev–Trinajstić information content (AvgIpc) is 2.61. The number of fused-ring (bicyclic) bond motifs is 1. The van der Waals surface area contributed by atoms with Crippen LogP contribution in [0.15, 0.2) is 54.7 Å². The van der Waals surface area contributed by atoms with Gasteiger partial charge in [-0.25, -0.2) is 9.78 Å². The third kappa shape index (κ3) is 3.92. The summed E-state index contributed by atoms with van der Waals surface area (Å²) in [6.07, 6.45) is 1.53. The number of carboxylic acid groups (broad SMARTS) is 1. The molecule has 126 valence electrons. The number of halogens is 1. The number of para-hydroxylation sites is 2. The minimum Gasteiger partial charge on any atom is -0.480 e. The van der Waals surface area contributed by atoms with Crippen molar-refractivity contribution in [3.05, 3.63) is 71.0 Å². The maximum atomic E-state index is 12.3. The fraction of sp³-hybridized carbons (Fsp3) is 0.111. The minimum atomic E-state index is -1.16. The number of hydrogen-bond donors (Lipinski definition) is 2. The summed E-state index contributed by atoms with van der Waals surface area (Å²) in [6, 6.07) is 12.6. The van der Waals surface area contributed by atoms with Crippen LogP contribution in [0, 0.1) is 0 Å². The normalized spacial score (nSPS) is 11.9. The van der Waals surface area contributed by atoms with Crippen LogP contribution >= 0.6 is 11.6 Å². The summed E-state index contributed by atoms with van der Waals surface area (Å²) in [7, 11) is 0. The number of amides is 1. The lowest BCUT2D eigenvalue weighted by atomic mass is 10.1. The fourth-order valence-corrected chi connectivity index (χ4v) is 2.61. The lowest BCUT2D eigenvalue weighted by Crippen LogP contribution is -2.42. The van der Waals surface area contributed by atoms with Gasteiger partial charge in [0, 0.05) is 12.6 Å². The number of nitrogens with zero attached hydrogens (tertiary/aromatic N) is 2. The second kappa shape index (κ2) is 7.27. The number of nitrogens with one attached hydrogen (secondary N) is 1. The quantitative estimate of drug-likeness (QED) is 0.734. The molecule has 3 rings (SSSR count). The molecule has 1 aromatic heterocycles. The summed E-state index contributed by atoms with van der Waals surface area (Å²) in [5.41, 5.74) is 2.09. The molecule has 3 aromatic rings. The van der Waals surface area contributed by atoms with E-state index in [1.165, 1.54) is 12.3 Å². The van der Waals surface area contributed by atoms with E-state index in [2.05, 4.69) is 15.3 Å². The molecule has 1 heterocycles. The van der Waals surface area contributed by atoms with Gasteiger partial charge in [-0.05, 0) is 24.3 Å². The molecule has 1 amide bonds. The van der Waals surface area contributed by atoms with E-state index in [-0.39, 0.29) is 17.0 Å². The van der Waals surface area contributed by atoms with Crippen molar-refractivity contribution in [2.75, 3.05) is 0 Å². The molecule has 1 atom stereocenters. The van der Waals surface area contributed by atoms with Crippen molar-refractivity contribution >= 4 is 34.5 Å². The van der Waals surface area contributed by atoms with Crippen LogP contribution in [-0.4, -0.2) is 33.0 Å². The third-order valence-corrected chi connectivity index (χ3v) is 3.96. The molecule has 0 unspecified atom stereocenters. The van der Waals surface area contributed by atoms with Crippen molar-refractivity contribution < 1.29 is 14.7 Å². The molecular weight excluding hydrogens is 342 g/mol. The van der Waals surface area contributed by atoms with Crippen LogP contribution in [0.4, 0.5) is 0 Å². The summed E-state index contributed by atoms with van der Waals surface area (Å²) in [6.45, 7) is 0. The van der Waals surface area contributed by atoms with Gasteiger partial charge in [-0.3, -0.25) is 9.78 Å². The molecule has 0 fully saturated rings. The largest absolute Gasteiger partial charge is 0.480 e. The van der Waals surface area contributed by atoms with Gasteiger partial charge in [-0.1, -0.05) is 35.9 Å². The van der Waals surface area contributed by atoms with Crippen LogP contribution in [0.5, 0.6) is 0 Å². The van der Waals surface area contributed by atoms with Crippen LogP contribution in [-0.2, 0) is 11.2 Å². The lowest BCUT2D eigenvalue weighted by Gasteiger charge is -2.15. The van der Waals surface area contributed by atoms with Gasteiger partial charge in [-0.15, -0.1) is 0 Å². The Bertz CT molecular complexity index is 946. The average molecular weight is 356 g/mol. The number of carbonyl (C=O) groups is 2. The zero-order valence-electron chi connectivity index (χ0n) is 13.0. The molecule has 0 saturated carbocycles. The van der Waals surface area contributed by atoms with E-state index < -0.39 is 17.9 Å². The van der Waals surface area contributed by atoms with E-state index in [1.807, 2.05) is 18.2 Å². The Morgan fingerprint density at radius 2 is 1.76 bits per heavy atom. The molecule has 7 heteroatoms. The molecule has 25 heavy (non-hydrogen) atoms. The van der Waals surface area contributed by atoms with Crippen LogP contribution < -0.4 is 5.32 Å². The van der Waals surface area contributed by atoms with Gasteiger partial charge in [0.25, 0.3) is 5.91 Å². The first kappa shape index (κ1) is 16.9. The van der Waals surface area contributed by atoms with Gasteiger partial charge < -0.3 is 10.4 Å². The lowest BCUT2D eigenvalue weighted by molar-refractivity contribution is -0.139. The van der Waals surface area contributed by atoms with Crippen molar-refractivity contribution in [1.29, 1.82) is 0 Å². The highest BCUT2D eigenvalue weighted by Gasteiger charge is 2.23. The predicted molar refractivity (Wildman–Crippen MR) is 93.6 cm³/mol. The maximum absolute atomic E-state index is 12.3. The van der Waals surface area contributed by atoms with Gasteiger partial charge >= 0.3 is 5.97 Å². The first-order chi connectivity index (χ1) is 12.0. The SMILES string of the molecule is O=C(N[C@@H](Cc1cnc2ccccc2n1)C(=O)O)c1ccccc1Cl. The Kier molecular flexibility index (Phi) is 4.90. The van der Waals surface area contributed by atoms with Crippen molar-refractivity contribution in [1.82, 2.24) is 15.3 Å². The highest BCUT2D eigenvalue weighted by Crippen LogP contribution is 2.15. The second-order valence-electron chi connectivity index (χ2n) is 5.40. The van der Waals surface area contributed by atoms with Crippen LogP contribution in [0.3, 0.4) is 0 Å². The topological polar surface area (TPSA) is 92.2 Å². The van der Waals surface area contributed by atoms with Gasteiger partial charge in [0.15, 0.2) is 0 Å². The minimum absolute atomic E-state index is 0.0172.